The Kier molecular flexibility index (Phi) is 5.07. The molecule has 0 aliphatic rings. The molecule has 0 saturated carbocycles. The van der Waals surface area contributed by atoms with Gasteiger partial charge in [-0.05, 0) is 37.1 Å². The summed E-state index contributed by atoms with van der Waals surface area (Å²) in [7, 11) is -4.06. The summed E-state index contributed by atoms with van der Waals surface area (Å²) in [5, 5.41) is 0.788. The predicted molar refractivity (Wildman–Crippen MR) is 100 cm³/mol. The molecule has 26 heavy (non-hydrogen) atoms. The molecule has 3 aromatic rings. The minimum absolute atomic E-state index is 0.0143. The molecular weight excluding hydrogens is 376 g/mol. The Labute approximate surface area is 156 Å². The average molecular weight is 393 g/mol. The first-order chi connectivity index (χ1) is 12.3. The number of hydrogen-bond donors (Lipinski definition) is 0. The second kappa shape index (κ2) is 7.13. The highest BCUT2D eigenvalue weighted by Gasteiger charge is 2.20. The van der Waals surface area contributed by atoms with Crippen LogP contribution < -0.4 is 9.81 Å². The molecule has 7 heteroatoms. The highest BCUT2D eigenvalue weighted by Crippen LogP contribution is 2.33. The Morgan fingerprint density at radius 3 is 2.46 bits per heavy atom. The van der Waals surface area contributed by atoms with E-state index in [9.17, 15) is 13.2 Å². The molecule has 0 amide bonds. The molecule has 0 aliphatic heterocycles. The molecule has 0 spiro atoms. The van der Waals surface area contributed by atoms with Crippen molar-refractivity contribution in [3.63, 3.8) is 0 Å². The molecule has 0 atom stereocenters. The van der Waals surface area contributed by atoms with Gasteiger partial charge in [0.05, 0.1) is 5.02 Å². The van der Waals surface area contributed by atoms with Crippen molar-refractivity contribution in [1.29, 1.82) is 0 Å². The summed E-state index contributed by atoms with van der Waals surface area (Å²) in [6.45, 7) is 3.85. The van der Waals surface area contributed by atoms with E-state index >= 15 is 0 Å². The number of rotatable bonds is 5. The van der Waals surface area contributed by atoms with Crippen LogP contribution in [-0.2, 0) is 16.5 Å². The Morgan fingerprint density at radius 1 is 1.12 bits per heavy atom. The lowest BCUT2D eigenvalue weighted by molar-refractivity contribution is 0.485. The molecule has 5 nitrogen and oxygen atoms in total. The normalized spacial score (nSPS) is 11.7. The van der Waals surface area contributed by atoms with Gasteiger partial charge in [0.1, 0.15) is 10.5 Å². The maximum Gasteiger partial charge on any atom is 0.339 e. The zero-order chi connectivity index (χ0) is 18.9. The third kappa shape index (κ3) is 3.76. The summed E-state index contributed by atoms with van der Waals surface area (Å²) in [5.74, 6) is -0.0865. The van der Waals surface area contributed by atoms with E-state index in [1.54, 1.807) is 18.2 Å². The summed E-state index contributed by atoms with van der Waals surface area (Å²) in [5.41, 5.74) is 1.46. The van der Waals surface area contributed by atoms with Crippen LogP contribution in [0.1, 0.15) is 24.5 Å². The molecule has 0 radical (unpaired) electrons. The van der Waals surface area contributed by atoms with E-state index in [4.69, 9.17) is 20.2 Å². The van der Waals surface area contributed by atoms with E-state index in [0.29, 0.717) is 11.8 Å². The van der Waals surface area contributed by atoms with Gasteiger partial charge in [-0.25, -0.2) is 4.79 Å². The van der Waals surface area contributed by atoms with Crippen molar-refractivity contribution < 1.29 is 17.0 Å². The standard InChI is InChI=1S/C19H17ClO5S/c1-3-4-13-9-19(21)24-17-11-18(16(20)10-15(13)17)25-26(22,23)14-7-5-12(2)6-8-14/h5-11H,3-4H2,1-2H3. The minimum atomic E-state index is -4.06. The van der Waals surface area contributed by atoms with Crippen LogP contribution in [0.2, 0.25) is 5.02 Å². The Morgan fingerprint density at radius 2 is 1.81 bits per heavy atom. The third-order valence-corrected chi connectivity index (χ3v) is 5.46. The summed E-state index contributed by atoms with van der Waals surface area (Å²) in [6.07, 6.45) is 1.52. The van der Waals surface area contributed by atoms with Crippen LogP contribution in [-0.4, -0.2) is 8.42 Å². The lowest BCUT2D eigenvalue weighted by Crippen LogP contribution is -2.10. The third-order valence-electron chi connectivity index (χ3n) is 3.91. The van der Waals surface area contributed by atoms with Gasteiger partial charge in [0.15, 0.2) is 5.75 Å². The Balaban J connectivity index is 2.07. The molecule has 0 aliphatic carbocycles. The van der Waals surface area contributed by atoms with Crippen molar-refractivity contribution in [3.8, 4) is 5.75 Å². The lowest BCUT2D eigenvalue weighted by atomic mass is 10.1. The highest BCUT2D eigenvalue weighted by atomic mass is 35.5. The molecule has 0 N–H and O–H groups in total. The minimum Gasteiger partial charge on any atom is -0.423 e. The van der Waals surface area contributed by atoms with Crippen LogP contribution in [0.3, 0.4) is 0 Å². The van der Waals surface area contributed by atoms with Gasteiger partial charge in [0.2, 0.25) is 0 Å². The van der Waals surface area contributed by atoms with Crippen molar-refractivity contribution in [1.82, 2.24) is 0 Å². The largest absolute Gasteiger partial charge is 0.423 e. The van der Waals surface area contributed by atoms with Crippen molar-refractivity contribution in [3.05, 3.63) is 69.0 Å². The quantitative estimate of drug-likeness (QED) is 0.473. The van der Waals surface area contributed by atoms with Gasteiger partial charge in [0.25, 0.3) is 0 Å². The van der Waals surface area contributed by atoms with Crippen LogP contribution in [0.15, 0.2) is 56.6 Å². The van der Waals surface area contributed by atoms with E-state index in [1.165, 1.54) is 24.3 Å². The van der Waals surface area contributed by atoms with Gasteiger partial charge in [-0.15, -0.1) is 0 Å². The summed E-state index contributed by atoms with van der Waals surface area (Å²) in [6, 6.07) is 10.6. The van der Waals surface area contributed by atoms with Crippen LogP contribution in [0.25, 0.3) is 11.0 Å². The zero-order valence-corrected chi connectivity index (χ0v) is 15.9. The van der Waals surface area contributed by atoms with E-state index in [-0.39, 0.29) is 21.3 Å². The monoisotopic (exact) mass is 392 g/mol. The summed E-state index contributed by atoms with van der Waals surface area (Å²) >= 11 is 6.22. The summed E-state index contributed by atoms with van der Waals surface area (Å²) < 4.78 is 35.3. The zero-order valence-electron chi connectivity index (χ0n) is 14.3. The van der Waals surface area contributed by atoms with Crippen LogP contribution >= 0.6 is 11.6 Å². The van der Waals surface area contributed by atoms with Crippen LogP contribution in [0.5, 0.6) is 5.75 Å². The lowest BCUT2D eigenvalue weighted by Gasteiger charge is -2.11. The second-order valence-corrected chi connectivity index (χ2v) is 7.92. The predicted octanol–water partition coefficient (Wildman–Crippen LogP) is 4.48. The first kappa shape index (κ1) is 18.5. The summed E-state index contributed by atoms with van der Waals surface area (Å²) in [4.78, 5) is 11.8. The molecule has 136 valence electrons. The van der Waals surface area contributed by atoms with Gasteiger partial charge in [0, 0.05) is 17.5 Å². The van der Waals surface area contributed by atoms with E-state index in [1.807, 2.05) is 13.8 Å². The number of aryl methyl sites for hydroxylation is 2. The van der Waals surface area contributed by atoms with E-state index < -0.39 is 15.7 Å². The van der Waals surface area contributed by atoms with Crippen molar-refractivity contribution in [2.24, 2.45) is 0 Å². The van der Waals surface area contributed by atoms with Crippen molar-refractivity contribution >= 4 is 32.7 Å². The van der Waals surface area contributed by atoms with Crippen molar-refractivity contribution in [2.45, 2.75) is 31.6 Å². The molecule has 2 aromatic carbocycles. The first-order valence-corrected chi connectivity index (χ1v) is 9.86. The molecule has 3 rings (SSSR count). The SMILES string of the molecule is CCCc1cc(=O)oc2cc(OS(=O)(=O)c3ccc(C)cc3)c(Cl)cc12. The molecule has 1 aromatic heterocycles. The fourth-order valence-electron chi connectivity index (χ4n) is 2.64. The smallest absolute Gasteiger partial charge is 0.339 e. The highest BCUT2D eigenvalue weighted by molar-refractivity contribution is 7.87. The van der Waals surface area contributed by atoms with Gasteiger partial charge < -0.3 is 8.60 Å². The van der Waals surface area contributed by atoms with Crippen molar-refractivity contribution in [2.75, 3.05) is 0 Å². The topological polar surface area (TPSA) is 73.6 Å². The van der Waals surface area contributed by atoms with Gasteiger partial charge in [-0.2, -0.15) is 8.42 Å². The molecule has 0 saturated heterocycles. The number of hydrogen-bond acceptors (Lipinski definition) is 5. The maximum atomic E-state index is 12.5. The first-order valence-electron chi connectivity index (χ1n) is 8.07. The fourth-order valence-corrected chi connectivity index (χ4v) is 3.83. The van der Waals surface area contributed by atoms with Crippen LogP contribution in [0, 0.1) is 6.92 Å². The van der Waals surface area contributed by atoms with Gasteiger partial charge in [-0.3, -0.25) is 0 Å². The molecular formula is C19H17ClO5S. The maximum absolute atomic E-state index is 12.5. The average Bonchev–Trinajstić information content (AvgIpc) is 2.57. The number of benzene rings is 2. The number of fused-ring (bicyclic) bond motifs is 1. The Bertz CT molecular complexity index is 1120. The fraction of sp³-hybridized carbons (Fsp3) is 0.211. The van der Waals surface area contributed by atoms with E-state index in [2.05, 4.69) is 0 Å². The van der Waals surface area contributed by atoms with Crippen LogP contribution in [0.4, 0.5) is 0 Å². The molecule has 0 fully saturated rings. The Hall–Kier alpha value is -2.31. The van der Waals surface area contributed by atoms with Gasteiger partial charge in [-0.1, -0.05) is 42.6 Å². The number of halogens is 1. The second-order valence-electron chi connectivity index (χ2n) is 5.97. The molecule has 0 bridgehead atoms. The molecule has 1 heterocycles. The molecule has 0 unspecified atom stereocenters. The van der Waals surface area contributed by atoms with Gasteiger partial charge >= 0.3 is 15.7 Å². The van der Waals surface area contributed by atoms with E-state index in [0.717, 1.165) is 17.5 Å².